The van der Waals surface area contributed by atoms with Crippen LogP contribution in [0.5, 0.6) is 0 Å². The van der Waals surface area contributed by atoms with E-state index in [1.165, 1.54) is 0 Å². The molecule has 124 valence electrons. The van der Waals surface area contributed by atoms with Crippen molar-refractivity contribution in [3.8, 4) is 0 Å². The van der Waals surface area contributed by atoms with Crippen molar-refractivity contribution in [2.24, 2.45) is 0 Å². The van der Waals surface area contributed by atoms with Crippen molar-refractivity contribution >= 4 is 29.3 Å². The van der Waals surface area contributed by atoms with Gasteiger partial charge in [-0.25, -0.2) is 4.79 Å². The van der Waals surface area contributed by atoms with Gasteiger partial charge in [0, 0.05) is 13.1 Å². The normalized spacial score (nSPS) is 12.9. The van der Waals surface area contributed by atoms with Crippen LogP contribution in [0.15, 0.2) is 18.2 Å². The molecule has 1 aromatic carbocycles. The molecule has 0 saturated heterocycles. The van der Waals surface area contributed by atoms with E-state index in [9.17, 15) is 9.90 Å². The number of ether oxygens (including phenoxy) is 1. The summed E-state index contributed by atoms with van der Waals surface area (Å²) >= 11 is 11.8. The summed E-state index contributed by atoms with van der Waals surface area (Å²) in [7, 11) is 0. The number of hydrogen-bond donors (Lipinski definition) is 1. The van der Waals surface area contributed by atoms with Crippen LogP contribution in [-0.2, 0) is 4.74 Å². The summed E-state index contributed by atoms with van der Waals surface area (Å²) < 4.78 is 5.33. The second-order valence-electron chi connectivity index (χ2n) is 6.04. The zero-order valence-electron chi connectivity index (χ0n) is 13.4. The van der Waals surface area contributed by atoms with E-state index < -0.39 is 11.7 Å². The summed E-state index contributed by atoms with van der Waals surface area (Å²) in [5.41, 5.74) is 0.141. The minimum Gasteiger partial charge on any atom is -0.444 e. The van der Waals surface area contributed by atoms with Gasteiger partial charge in [-0.3, -0.25) is 0 Å². The average Bonchev–Trinajstić information content (AvgIpc) is 2.40. The number of nitrogens with zero attached hydrogens (tertiary/aromatic N) is 1. The van der Waals surface area contributed by atoms with Gasteiger partial charge in [0.25, 0.3) is 0 Å². The van der Waals surface area contributed by atoms with Crippen molar-refractivity contribution in [2.75, 3.05) is 13.1 Å². The van der Waals surface area contributed by atoms with Crippen LogP contribution in [0.2, 0.25) is 10.0 Å². The van der Waals surface area contributed by atoms with Crippen LogP contribution in [0.3, 0.4) is 0 Å². The summed E-state index contributed by atoms with van der Waals surface area (Å²) in [6.45, 7) is 8.25. The molecular formula is C16H23Cl2NO3. The fraction of sp³-hybridized carbons (Fsp3) is 0.562. The van der Waals surface area contributed by atoms with E-state index in [4.69, 9.17) is 27.9 Å². The van der Waals surface area contributed by atoms with Gasteiger partial charge in [-0.05, 0) is 51.8 Å². The first kappa shape index (κ1) is 19.1. The molecule has 1 aromatic rings. The third-order valence-electron chi connectivity index (χ3n) is 3.03. The average molecular weight is 348 g/mol. The second kappa shape index (κ2) is 8.04. The molecule has 0 radical (unpaired) electrons. The number of rotatable bonds is 5. The molecule has 0 aromatic heterocycles. The Morgan fingerprint density at radius 3 is 2.45 bits per heavy atom. The standard InChI is InChI=1S/C16H23Cl2NO3/c1-5-19(15(21)22-16(2,3)4)9-8-14(20)11-6-7-12(17)13(18)10-11/h6-7,10,14,20H,5,8-9H2,1-4H3/t14-/m1/s1. The summed E-state index contributed by atoms with van der Waals surface area (Å²) in [4.78, 5) is 13.6. The van der Waals surface area contributed by atoms with Crippen molar-refractivity contribution < 1.29 is 14.6 Å². The molecule has 0 aliphatic carbocycles. The minimum atomic E-state index is -0.716. The first-order valence-corrected chi connectivity index (χ1v) is 8.00. The van der Waals surface area contributed by atoms with E-state index in [-0.39, 0.29) is 6.09 Å². The number of carbonyl (C=O) groups is 1. The Hall–Kier alpha value is -0.970. The third kappa shape index (κ3) is 6.03. The third-order valence-corrected chi connectivity index (χ3v) is 3.77. The highest BCUT2D eigenvalue weighted by molar-refractivity contribution is 6.42. The highest BCUT2D eigenvalue weighted by atomic mass is 35.5. The maximum atomic E-state index is 12.0. The van der Waals surface area contributed by atoms with E-state index in [0.717, 1.165) is 0 Å². The smallest absolute Gasteiger partial charge is 0.410 e. The fourth-order valence-electron chi connectivity index (χ4n) is 1.87. The maximum Gasteiger partial charge on any atom is 0.410 e. The highest BCUT2D eigenvalue weighted by Crippen LogP contribution is 2.27. The van der Waals surface area contributed by atoms with Crippen molar-refractivity contribution in [2.45, 2.75) is 45.8 Å². The summed E-state index contributed by atoms with van der Waals surface area (Å²) in [5, 5.41) is 11.1. The lowest BCUT2D eigenvalue weighted by Gasteiger charge is -2.27. The Labute approximate surface area is 142 Å². The largest absolute Gasteiger partial charge is 0.444 e. The van der Waals surface area contributed by atoms with E-state index in [0.29, 0.717) is 35.1 Å². The molecule has 0 heterocycles. The topological polar surface area (TPSA) is 49.8 Å². The molecule has 1 amide bonds. The van der Waals surface area contributed by atoms with E-state index >= 15 is 0 Å². The Morgan fingerprint density at radius 2 is 1.95 bits per heavy atom. The van der Waals surface area contributed by atoms with Crippen molar-refractivity contribution in [1.82, 2.24) is 4.90 Å². The lowest BCUT2D eigenvalue weighted by Crippen LogP contribution is -2.37. The van der Waals surface area contributed by atoms with Gasteiger partial charge in [0.15, 0.2) is 0 Å². The molecule has 1 rings (SSSR count). The van der Waals surface area contributed by atoms with Gasteiger partial charge in [-0.15, -0.1) is 0 Å². The molecule has 4 nitrogen and oxygen atoms in total. The number of hydrogen-bond acceptors (Lipinski definition) is 3. The van der Waals surface area contributed by atoms with Crippen LogP contribution in [0.1, 0.15) is 45.8 Å². The lowest BCUT2D eigenvalue weighted by molar-refractivity contribution is 0.0232. The first-order chi connectivity index (χ1) is 10.1. The molecular weight excluding hydrogens is 325 g/mol. The number of aliphatic hydroxyl groups excluding tert-OH is 1. The van der Waals surface area contributed by atoms with Crippen LogP contribution in [0.25, 0.3) is 0 Å². The molecule has 0 spiro atoms. The highest BCUT2D eigenvalue weighted by Gasteiger charge is 2.22. The summed E-state index contributed by atoms with van der Waals surface area (Å²) in [6.07, 6.45) is -0.701. The molecule has 0 saturated carbocycles. The monoisotopic (exact) mass is 347 g/mol. The van der Waals surface area contributed by atoms with Gasteiger partial charge in [0.1, 0.15) is 5.60 Å². The summed E-state index contributed by atoms with van der Waals surface area (Å²) in [5.74, 6) is 0. The molecule has 1 atom stereocenters. The number of benzene rings is 1. The number of carbonyl (C=O) groups excluding carboxylic acids is 1. The predicted octanol–water partition coefficient (Wildman–Crippen LogP) is 4.67. The zero-order valence-corrected chi connectivity index (χ0v) is 14.9. The van der Waals surface area contributed by atoms with Gasteiger partial charge < -0.3 is 14.7 Å². The van der Waals surface area contributed by atoms with E-state index in [2.05, 4.69) is 0 Å². The van der Waals surface area contributed by atoms with Gasteiger partial charge >= 0.3 is 6.09 Å². The molecule has 0 fully saturated rings. The van der Waals surface area contributed by atoms with Crippen molar-refractivity contribution in [3.63, 3.8) is 0 Å². The number of halogens is 2. The van der Waals surface area contributed by atoms with Crippen LogP contribution < -0.4 is 0 Å². The van der Waals surface area contributed by atoms with Crippen molar-refractivity contribution in [1.29, 1.82) is 0 Å². The second-order valence-corrected chi connectivity index (χ2v) is 6.85. The molecule has 0 aliphatic rings. The van der Waals surface area contributed by atoms with Crippen LogP contribution in [-0.4, -0.2) is 34.8 Å². The van der Waals surface area contributed by atoms with Gasteiger partial charge in [-0.1, -0.05) is 29.3 Å². The van der Waals surface area contributed by atoms with Crippen LogP contribution >= 0.6 is 23.2 Å². The SMILES string of the molecule is CCN(CC[C@@H](O)c1ccc(Cl)c(Cl)c1)C(=O)OC(C)(C)C. The number of amides is 1. The molecule has 22 heavy (non-hydrogen) atoms. The minimum absolute atomic E-state index is 0.378. The van der Waals surface area contributed by atoms with Crippen molar-refractivity contribution in [3.05, 3.63) is 33.8 Å². The summed E-state index contributed by atoms with van der Waals surface area (Å²) in [6, 6.07) is 5.01. The van der Waals surface area contributed by atoms with Crippen LogP contribution in [0, 0.1) is 0 Å². The molecule has 0 aliphatic heterocycles. The Balaban J connectivity index is 2.62. The molecule has 6 heteroatoms. The zero-order chi connectivity index (χ0) is 16.9. The molecule has 1 N–H and O–H groups in total. The first-order valence-electron chi connectivity index (χ1n) is 7.25. The maximum absolute atomic E-state index is 12.0. The fourth-order valence-corrected chi connectivity index (χ4v) is 2.18. The molecule has 0 bridgehead atoms. The Bertz CT molecular complexity index is 515. The van der Waals surface area contributed by atoms with E-state index in [1.807, 2.05) is 27.7 Å². The van der Waals surface area contributed by atoms with Gasteiger partial charge in [-0.2, -0.15) is 0 Å². The van der Waals surface area contributed by atoms with Gasteiger partial charge in [0.05, 0.1) is 16.1 Å². The quantitative estimate of drug-likeness (QED) is 0.841. The van der Waals surface area contributed by atoms with Gasteiger partial charge in [0.2, 0.25) is 0 Å². The number of aliphatic hydroxyl groups is 1. The Morgan fingerprint density at radius 1 is 1.32 bits per heavy atom. The Kier molecular flexibility index (Phi) is 6.98. The van der Waals surface area contributed by atoms with Crippen LogP contribution in [0.4, 0.5) is 4.79 Å². The lowest BCUT2D eigenvalue weighted by atomic mass is 10.1. The predicted molar refractivity (Wildman–Crippen MR) is 89.5 cm³/mol. The van der Waals surface area contributed by atoms with E-state index in [1.54, 1.807) is 23.1 Å². The molecule has 0 unspecified atom stereocenters.